The van der Waals surface area contributed by atoms with Crippen LogP contribution >= 0.6 is 15.9 Å². The van der Waals surface area contributed by atoms with Gasteiger partial charge in [0.05, 0.1) is 6.54 Å². The van der Waals surface area contributed by atoms with Gasteiger partial charge in [0, 0.05) is 17.4 Å². The highest BCUT2D eigenvalue weighted by molar-refractivity contribution is 9.10. The van der Waals surface area contributed by atoms with E-state index in [1.165, 1.54) is 5.56 Å². The summed E-state index contributed by atoms with van der Waals surface area (Å²) in [5.74, 6) is 1.29. The van der Waals surface area contributed by atoms with E-state index in [2.05, 4.69) is 50.4 Å². The molecule has 0 amide bonds. The van der Waals surface area contributed by atoms with E-state index >= 15 is 0 Å². The van der Waals surface area contributed by atoms with Crippen molar-refractivity contribution < 1.29 is 4.52 Å². The Bertz CT molecular complexity index is 512. The lowest BCUT2D eigenvalue weighted by Crippen LogP contribution is -2.20. The van der Waals surface area contributed by atoms with Gasteiger partial charge in [-0.1, -0.05) is 40.1 Å². The molecule has 0 aliphatic rings. The Morgan fingerprint density at radius 2 is 2.28 bits per heavy atom. The normalized spacial score (nSPS) is 12.6. The zero-order valence-corrected chi connectivity index (χ0v) is 12.1. The third-order valence-corrected chi connectivity index (χ3v) is 3.23. The molecule has 0 bridgehead atoms. The summed E-state index contributed by atoms with van der Waals surface area (Å²) in [6, 6.07) is 8.61. The minimum absolute atomic E-state index is 0.293. The predicted molar refractivity (Wildman–Crippen MR) is 73.0 cm³/mol. The molecule has 2 rings (SSSR count). The van der Waals surface area contributed by atoms with Crippen LogP contribution in [0.3, 0.4) is 0 Å². The number of halogens is 1. The molecule has 1 N–H and O–H groups in total. The summed E-state index contributed by atoms with van der Waals surface area (Å²) in [6.07, 6.45) is 1.01. The highest BCUT2D eigenvalue weighted by Gasteiger charge is 2.10. The van der Waals surface area contributed by atoms with Crippen molar-refractivity contribution >= 4 is 15.9 Å². The van der Waals surface area contributed by atoms with Crippen LogP contribution in [0, 0.1) is 6.92 Å². The highest BCUT2D eigenvalue weighted by atomic mass is 79.9. The lowest BCUT2D eigenvalue weighted by atomic mass is 10.0. The average Bonchev–Trinajstić information content (AvgIpc) is 2.76. The van der Waals surface area contributed by atoms with Crippen molar-refractivity contribution in [1.29, 1.82) is 0 Å². The van der Waals surface area contributed by atoms with Crippen molar-refractivity contribution in [3.8, 4) is 0 Å². The first-order valence-electron chi connectivity index (χ1n) is 5.97. The largest absolute Gasteiger partial charge is 0.340 e. The molecule has 1 atom stereocenters. The smallest absolute Gasteiger partial charge is 0.223 e. The fraction of sp³-hybridized carbons (Fsp3) is 0.385. The van der Waals surface area contributed by atoms with Crippen molar-refractivity contribution in [3.05, 3.63) is 46.0 Å². The van der Waals surface area contributed by atoms with Crippen LogP contribution in [0.25, 0.3) is 0 Å². The molecule has 0 saturated heterocycles. The topological polar surface area (TPSA) is 51.0 Å². The highest BCUT2D eigenvalue weighted by Crippen LogP contribution is 2.20. The molecule has 0 aliphatic heterocycles. The zero-order chi connectivity index (χ0) is 13.0. The van der Waals surface area contributed by atoms with Gasteiger partial charge in [-0.2, -0.15) is 4.98 Å². The van der Waals surface area contributed by atoms with Crippen molar-refractivity contribution in [1.82, 2.24) is 15.5 Å². The summed E-state index contributed by atoms with van der Waals surface area (Å²) < 4.78 is 6.04. The number of nitrogens with zero attached hydrogens (tertiary/aromatic N) is 2. The second kappa shape index (κ2) is 6.11. The number of aromatic nitrogens is 2. The first kappa shape index (κ1) is 13.2. The molecule has 0 spiro atoms. The first-order chi connectivity index (χ1) is 8.69. The second-order valence-electron chi connectivity index (χ2n) is 4.13. The molecule has 1 unspecified atom stereocenters. The van der Waals surface area contributed by atoms with Gasteiger partial charge >= 0.3 is 0 Å². The monoisotopic (exact) mass is 309 g/mol. The van der Waals surface area contributed by atoms with Crippen LogP contribution in [0.5, 0.6) is 0 Å². The molecule has 0 fully saturated rings. The molecule has 5 heteroatoms. The molecule has 1 aromatic carbocycles. The van der Waals surface area contributed by atoms with E-state index in [0.717, 1.165) is 10.9 Å². The molecule has 0 saturated carbocycles. The molecule has 1 heterocycles. The maximum absolute atomic E-state index is 4.95. The van der Waals surface area contributed by atoms with Crippen LogP contribution < -0.4 is 5.32 Å². The van der Waals surface area contributed by atoms with E-state index < -0.39 is 0 Å². The van der Waals surface area contributed by atoms with Gasteiger partial charge in [-0.15, -0.1) is 0 Å². The van der Waals surface area contributed by atoms with E-state index in [1.54, 1.807) is 6.92 Å². The van der Waals surface area contributed by atoms with Crippen LogP contribution in [0.4, 0.5) is 0 Å². The van der Waals surface area contributed by atoms with Gasteiger partial charge in [0.15, 0.2) is 5.82 Å². The number of benzene rings is 1. The molecular formula is C13H16BrN3O. The molecule has 1 aromatic heterocycles. The molecular weight excluding hydrogens is 294 g/mol. The lowest BCUT2D eigenvalue weighted by Gasteiger charge is -2.16. The summed E-state index contributed by atoms with van der Waals surface area (Å²) in [5, 5.41) is 7.31. The fourth-order valence-corrected chi connectivity index (χ4v) is 2.27. The quantitative estimate of drug-likeness (QED) is 0.920. The Labute approximate surface area is 115 Å². The minimum Gasteiger partial charge on any atom is -0.340 e. The summed E-state index contributed by atoms with van der Waals surface area (Å²) in [5.41, 5.74) is 1.26. The van der Waals surface area contributed by atoms with Gasteiger partial charge in [0.1, 0.15) is 0 Å². The van der Waals surface area contributed by atoms with Crippen molar-refractivity contribution in [3.63, 3.8) is 0 Å². The van der Waals surface area contributed by atoms with Gasteiger partial charge in [-0.25, -0.2) is 0 Å². The Balaban J connectivity index is 2.01. The van der Waals surface area contributed by atoms with E-state index in [-0.39, 0.29) is 0 Å². The summed E-state index contributed by atoms with van der Waals surface area (Å²) in [6.45, 7) is 4.56. The van der Waals surface area contributed by atoms with Gasteiger partial charge in [0.2, 0.25) is 5.89 Å². The first-order valence-corrected chi connectivity index (χ1v) is 6.76. The van der Waals surface area contributed by atoms with Gasteiger partial charge in [0.25, 0.3) is 0 Å². The lowest BCUT2D eigenvalue weighted by molar-refractivity contribution is 0.383. The predicted octanol–water partition coefficient (Wildman–Crippen LogP) is 3.38. The SMILES string of the molecule is CCC(NCc1noc(C)n1)c1cccc(Br)c1. The summed E-state index contributed by atoms with van der Waals surface area (Å²) in [4.78, 5) is 4.18. The number of hydrogen-bond donors (Lipinski definition) is 1. The molecule has 0 aliphatic carbocycles. The van der Waals surface area contributed by atoms with Crippen LogP contribution in [0.1, 0.15) is 36.7 Å². The number of nitrogens with one attached hydrogen (secondary N) is 1. The maximum atomic E-state index is 4.95. The van der Waals surface area contributed by atoms with E-state index in [4.69, 9.17) is 4.52 Å². The van der Waals surface area contributed by atoms with Crippen LogP contribution in [0.15, 0.2) is 33.3 Å². The second-order valence-corrected chi connectivity index (χ2v) is 5.04. The number of rotatable bonds is 5. The van der Waals surface area contributed by atoms with E-state index in [0.29, 0.717) is 24.3 Å². The molecule has 4 nitrogen and oxygen atoms in total. The van der Waals surface area contributed by atoms with Crippen molar-refractivity contribution in [2.45, 2.75) is 32.9 Å². The van der Waals surface area contributed by atoms with Gasteiger partial charge < -0.3 is 9.84 Å². The van der Waals surface area contributed by atoms with Crippen LogP contribution in [-0.2, 0) is 6.54 Å². The van der Waals surface area contributed by atoms with Crippen LogP contribution in [0.2, 0.25) is 0 Å². The third-order valence-electron chi connectivity index (χ3n) is 2.74. The van der Waals surface area contributed by atoms with E-state index in [9.17, 15) is 0 Å². The minimum atomic E-state index is 0.293. The third kappa shape index (κ3) is 3.40. The fourth-order valence-electron chi connectivity index (χ4n) is 1.85. The standard InChI is InChI=1S/C13H16BrN3O/c1-3-12(10-5-4-6-11(14)7-10)15-8-13-16-9(2)18-17-13/h4-7,12,15H,3,8H2,1-2H3. The van der Waals surface area contributed by atoms with Crippen molar-refractivity contribution in [2.75, 3.05) is 0 Å². The molecule has 0 radical (unpaired) electrons. The summed E-state index contributed by atoms with van der Waals surface area (Å²) >= 11 is 3.49. The Morgan fingerprint density at radius 1 is 1.44 bits per heavy atom. The number of aryl methyl sites for hydroxylation is 1. The van der Waals surface area contributed by atoms with E-state index in [1.807, 2.05) is 12.1 Å². The van der Waals surface area contributed by atoms with Gasteiger partial charge in [-0.05, 0) is 24.1 Å². The molecule has 2 aromatic rings. The average molecular weight is 310 g/mol. The van der Waals surface area contributed by atoms with Gasteiger partial charge in [-0.3, -0.25) is 0 Å². The Hall–Kier alpha value is -1.20. The Morgan fingerprint density at radius 3 is 2.89 bits per heavy atom. The maximum Gasteiger partial charge on any atom is 0.223 e. The Kier molecular flexibility index (Phi) is 4.49. The van der Waals surface area contributed by atoms with Crippen LogP contribution in [-0.4, -0.2) is 10.1 Å². The van der Waals surface area contributed by atoms with Crippen molar-refractivity contribution in [2.24, 2.45) is 0 Å². The summed E-state index contributed by atoms with van der Waals surface area (Å²) in [7, 11) is 0. The number of hydrogen-bond acceptors (Lipinski definition) is 4. The molecule has 18 heavy (non-hydrogen) atoms. The zero-order valence-electron chi connectivity index (χ0n) is 10.5. The molecule has 96 valence electrons.